The van der Waals surface area contributed by atoms with Crippen molar-refractivity contribution in [3.63, 3.8) is 0 Å². The quantitative estimate of drug-likeness (QED) is 0.519. The van der Waals surface area contributed by atoms with Crippen LogP contribution >= 0.6 is 0 Å². The topological polar surface area (TPSA) is 80.3 Å². The lowest BCUT2D eigenvalue weighted by molar-refractivity contribution is -0.196. The molecule has 0 unspecified atom stereocenters. The van der Waals surface area contributed by atoms with Crippen LogP contribution in [0.15, 0.2) is 0 Å². The van der Waals surface area contributed by atoms with Gasteiger partial charge in [-0.25, -0.2) is 0 Å². The molecule has 7 heteroatoms. The van der Waals surface area contributed by atoms with Gasteiger partial charge in [-0.1, -0.05) is 0 Å². The minimum Gasteiger partial charge on any atom is -0.462 e. The lowest BCUT2D eigenvalue weighted by atomic mass is 10.1. The monoisotopic (exact) mass is 276 g/mol. The standard InChI is InChI=1S/C12H20O7/c1-7(16-6-13)9(15-5)10-11(17-8(2)14)19-12(3,4)18-10/h6-7,9-11H,1-5H3/t7-,9-,10+,11-/m0/s1. The third kappa shape index (κ3) is 4.15. The molecule has 0 aliphatic carbocycles. The van der Waals surface area contributed by atoms with Crippen molar-refractivity contribution in [2.45, 2.75) is 58.1 Å². The third-order valence-electron chi connectivity index (χ3n) is 2.70. The minimum atomic E-state index is -0.914. The van der Waals surface area contributed by atoms with Gasteiger partial charge in [-0.05, 0) is 20.8 Å². The second-order valence-corrected chi connectivity index (χ2v) is 4.72. The first kappa shape index (κ1) is 15.9. The van der Waals surface area contributed by atoms with Crippen LogP contribution in [0.3, 0.4) is 0 Å². The first-order chi connectivity index (χ1) is 8.80. The molecule has 1 aliphatic heterocycles. The molecule has 19 heavy (non-hydrogen) atoms. The molecule has 0 aromatic heterocycles. The number of rotatable bonds is 6. The van der Waals surface area contributed by atoms with Crippen LogP contribution in [0.5, 0.6) is 0 Å². The zero-order chi connectivity index (χ0) is 14.6. The summed E-state index contributed by atoms with van der Waals surface area (Å²) < 4.78 is 26.3. The van der Waals surface area contributed by atoms with Crippen molar-refractivity contribution < 1.29 is 33.3 Å². The number of esters is 1. The van der Waals surface area contributed by atoms with Gasteiger partial charge in [-0.15, -0.1) is 0 Å². The van der Waals surface area contributed by atoms with Crippen LogP contribution in [0.25, 0.3) is 0 Å². The maximum atomic E-state index is 11.1. The maximum Gasteiger partial charge on any atom is 0.305 e. The summed E-state index contributed by atoms with van der Waals surface area (Å²) in [6.45, 7) is 6.66. The van der Waals surface area contributed by atoms with Gasteiger partial charge in [-0.2, -0.15) is 0 Å². The van der Waals surface area contributed by atoms with E-state index in [0.29, 0.717) is 6.47 Å². The molecule has 0 N–H and O–H groups in total. The Morgan fingerprint density at radius 1 is 1.37 bits per heavy atom. The Morgan fingerprint density at radius 3 is 2.47 bits per heavy atom. The van der Waals surface area contributed by atoms with Gasteiger partial charge < -0.3 is 23.7 Å². The molecule has 0 spiro atoms. The van der Waals surface area contributed by atoms with Gasteiger partial charge in [0, 0.05) is 14.0 Å². The average molecular weight is 276 g/mol. The number of carbonyl (C=O) groups is 2. The molecule has 0 saturated carbocycles. The summed E-state index contributed by atoms with van der Waals surface area (Å²) in [5.74, 6) is -1.40. The van der Waals surface area contributed by atoms with Crippen LogP contribution in [0.4, 0.5) is 0 Å². The van der Waals surface area contributed by atoms with Crippen LogP contribution in [0.1, 0.15) is 27.7 Å². The predicted octanol–water partition coefficient (Wildman–Crippen LogP) is 0.604. The van der Waals surface area contributed by atoms with E-state index in [9.17, 15) is 9.59 Å². The Morgan fingerprint density at radius 2 is 2.00 bits per heavy atom. The zero-order valence-electron chi connectivity index (χ0n) is 11.7. The largest absolute Gasteiger partial charge is 0.462 e. The summed E-state index contributed by atoms with van der Waals surface area (Å²) in [5.41, 5.74) is 0. The van der Waals surface area contributed by atoms with E-state index < -0.39 is 36.4 Å². The van der Waals surface area contributed by atoms with Crippen molar-refractivity contribution in [1.82, 2.24) is 0 Å². The lowest BCUT2D eigenvalue weighted by Crippen LogP contribution is -2.45. The number of hydrogen-bond donors (Lipinski definition) is 0. The van der Waals surface area contributed by atoms with Gasteiger partial charge in [0.2, 0.25) is 6.29 Å². The highest BCUT2D eigenvalue weighted by Gasteiger charge is 2.49. The zero-order valence-corrected chi connectivity index (χ0v) is 11.7. The first-order valence-electron chi connectivity index (χ1n) is 5.95. The van der Waals surface area contributed by atoms with Crippen molar-refractivity contribution in [1.29, 1.82) is 0 Å². The number of ether oxygens (including phenoxy) is 5. The van der Waals surface area contributed by atoms with Crippen LogP contribution in [-0.4, -0.2) is 49.9 Å². The van der Waals surface area contributed by atoms with Crippen LogP contribution in [-0.2, 0) is 33.3 Å². The van der Waals surface area contributed by atoms with Gasteiger partial charge in [0.05, 0.1) is 0 Å². The third-order valence-corrected chi connectivity index (χ3v) is 2.70. The Labute approximate surface area is 112 Å². The van der Waals surface area contributed by atoms with E-state index in [4.69, 9.17) is 23.7 Å². The van der Waals surface area contributed by atoms with Crippen molar-refractivity contribution in [2.24, 2.45) is 0 Å². The molecule has 1 rings (SSSR count). The molecule has 0 amide bonds. The van der Waals surface area contributed by atoms with E-state index in [-0.39, 0.29) is 0 Å². The molecule has 110 valence electrons. The fraction of sp³-hybridized carbons (Fsp3) is 0.833. The van der Waals surface area contributed by atoms with Crippen molar-refractivity contribution in [3.8, 4) is 0 Å². The average Bonchev–Trinajstić information content (AvgIpc) is 2.54. The summed E-state index contributed by atoms with van der Waals surface area (Å²) >= 11 is 0. The summed E-state index contributed by atoms with van der Waals surface area (Å²) in [5, 5.41) is 0. The Hall–Kier alpha value is -1.18. The van der Waals surface area contributed by atoms with Gasteiger partial charge >= 0.3 is 5.97 Å². The molecule has 1 aliphatic rings. The molecule has 0 aromatic carbocycles. The van der Waals surface area contributed by atoms with Crippen LogP contribution < -0.4 is 0 Å². The first-order valence-corrected chi connectivity index (χ1v) is 5.95. The number of methoxy groups -OCH3 is 1. The van der Waals surface area contributed by atoms with Gasteiger partial charge in [0.25, 0.3) is 6.47 Å². The summed E-state index contributed by atoms with van der Waals surface area (Å²) in [6.07, 6.45) is -2.77. The minimum absolute atomic E-state index is 0.332. The molecule has 1 saturated heterocycles. The molecule has 4 atom stereocenters. The molecule has 0 aromatic rings. The smallest absolute Gasteiger partial charge is 0.305 e. The highest BCUT2D eigenvalue weighted by molar-refractivity contribution is 5.66. The van der Waals surface area contributed by atoms with Crippen LogP contribution in [0, 0.1) is 0 Å². The Bertz CT molecular complexity index is 328. The molecular formula is C12H20O7. The van der Waals surface area contributed by atoms with Crippen LogP contribution in [0.2, 0.25) is 0 Å². The van der Waals surface area contributed by atoms with Gasteiger partial charge in [-0.3, -0.25) is 9.59 Å². The van der Waals surface area contributed by atoms with Gasteiger partial charge in [0.1, 0.15) is 12.2 Å². The van der Waals surface area contributed by atoms with E-state index in [0.717, 1.165) is 0 Å². The summed E-state index contributed by atoms with van der Waals surface area (Å²) in [4.78, 5) is 21.5. The SMILES string of the molecule is CO[C@H]([C@H]1OC(C)(C)O[C@@H]1OC(C)=O)[C@H](C)OC=O. The van der Waals surface area contributed by atoms with E-state index in [1.54, 1.807) is 20.8 Å². The maximum absolute atomic E-state index is 11.1. The highest BCUT2D eigenvalue weighted by Crippen LogP contribution is 2.32. The fourth-order valence-electron chi connectivity index (χ4n) is 1.99. The lowest BCUT2D eigenvalue weighted by Gasteiger charge is -2.28. The van der Waals surface area contributed by atoms with E-state index in [1.807, 2.05) is 0 Å². The molecule has 0 bridgehead atoms. The molecule has 1 fully saturated rings. The Balaban J connectivity index is 2.85. The molecular weight excluding hydrogens is 256 g/mol. The second kappa shape index (κ2) is 6.31. The van der Waals surface area contributed by atoms with Gasteiger partial charge in [0.15, 0.2) is 11.9 Å². The van der Waals surface area contributed by atoms with E-state index in [1.165, 1.54) is 14.0 Å². The number of carbonyl (C=O) groups excluding carboxylic acids is 2. The van der Waals surface area contributed by atoms with E-state index in [2.05, 4.69) is 0 Å². The molecule has 1 heterocycles. The molecule has 0 radical (unpaired) electrons. The molecule has 7 nitrogen and oxygen atoms in total. The summed E-state index contributed by atoms with van der Waals surface area (Å²) in [7, 11) is 1.45. The van der Waals surface area contributed by atoms with Crippen molar-refractivity contribution in [3.05, 3.63) is 0 Å². The normalized spacial score (nSPS) is 28.5. The number of hydrogen-bond acceptors (Lipinski definition) is 7. The summed E-state index contributed by atoms with van der Waals surface area (Å²) in [6, 6.07) is 0. The fourth-order valence-corrected chi connectivity index (χ4v) is 1.99. The highest BCUT2D eigenvalue weighted by atomic mass is 16.8. The predicted molar refractivity (Wildman–Crippen MR) is 63.0 cm³/mol. The van der Waals surface area contributed by atoms with Crippen molar-refractivity contribution in [2.75, 3.05) is 7.11 Å². The van der Waals surface area contributed by atoms with E-state index >= 15 is 0 Å². The van der Waals surface area contributed by atoms with Crippen molar-refractivity contribution >= 4 is 12.4 Å². The Kier molecular flexibility index (Phi) is 5.28. The second-order valence-electron chi connectivity index (χ2n) is 4.72.